The number of benzene rings is 2. The maximum atomic E-state index is 16.1. The van der Waals surface area contributed by atoms with Gasteiger partial charge >= 0.3 is 16.1 Å². The van der Waals surface area contributed by atoms with Crippen LogP contribution >= 0.6 is 0 Å². The molecule has 0 radical (unpaired) electrons. The van der Waals surface area contributed by atoms with Crippen molar-refractivity contribution in [2.45, 2.75) is 49.6 Å². The number of nitrogens with zero attached hydrogens (tertiary/aromatic N) is 2. The number of aryl methyl sites for hydroxylation is 1. The van der Waals surface area contributed by atoms with E-state index in [-0.39, 0.29) is 39.5 Å². The summed E-state index contributed by atoms with van der Waals surface area (Å²) in [5.41, 5.74) is -1.04. The zero-order valence-electron chi connectivity index (χ0n) is 20.7. The predicted molar refractivity (Wildman–Crippen MR) is 137 cm³/mol. The van der Waals surface area contributed by atoms with E-state index < -0.39 is 38.7 Å². The normalized spacial score (nSPS) is 21.5. The van der Waals surface area contributed by atoms with Crippen LogP contribution in [0.25, 0.3) is 10.9 Å². The second-order valence-corrected chi connectivity index (χ2v) is 12.0. The smallest absolute Gasteiger partial charge is 0.359 e. The highest BCUT2D eigenvalue weighted by Crippen LogP contribution is 2.41. The first-order valence-corrected chi connectivity index (χ1v) is 14.2. The minimum absolute atomic E-state index is 0.0883. The lowest BCUT2D eigenvalue weighted by Gasteiger charge is -2.24. The van der Waals surface area contributed by atoms with E-state index in [2.05, 4.69) is 5.32 Å². The molecule has 3 heterocycles. The molecule has 0 spiro atoms. The highest BCUT2D eigenvalue weighted by Gasteiger charge is 2.38. The summed E-state index contributed by atoms with van der Waals surface area (Å²) < 4.78 is 63.0. The molecule has 2 atom stereocenters. The molecule has 3 aromatic rings. The summed E-state index contributed by atoms with van der Waals surface area (Å²) in [5.74, 6) is -2.86. The van der Waals surface area contributed by atoms with Crippen LogP contribution in [0.3, 0.4) is 0 Å². The van der Waals surface area contributed by atoms with Gasteiger partial charge in [-0.05, 0) is 63.3 Å². The van der Waals surface area contributed by atoms with E-state index in [4.69, 9.17) is 4.18 Å². The van der Waals surface area contributed by atoms with E-state index in [9.17, 15) is 18.0 Å². The number of aromatic nitrogens is 1. The molecule has 2 saturated heterocycles. The topological polar surface area (TPSA) is 97.7 Å². The maximum absolute atomic E-state index is 16.1. The molecule has 2 aromatic carbocycles. The Balaban J connectivity index is 1.42. The van der Waals surface area contributed by atoms with E-state index in [1.54, 1.807) is 24.0 Å². The Morgan fingerprint density at radius 1 is 1.11 bits per heavy atom. The minimum atomic E-state index is -4.52. The molecule has 0 amide bonds. The number of anilines is 1. The zero-order chi connectivity index (χ0) is 26.8. The molecule has 1 N–H and O–H groups in total. The van der Waals surface area contributed by atoms with Gasteiger partial charge in [0.1, 0.15) is 22.0 Å². The van der Waals surface area contributed by atoms with Crippen molar-refractivity contribution >= 4 is 32.7 Å². The number of piperidine rings is 1. The van der Waals surface area contributed by atoms with Gasteiger partial charge in [-0.1, -0.05) is 17.7 Å². The number of carbonyl (C=O) groups is 1. The third-order valence-corrected chi connectivity index (χ3v) is 8.97. The fourth-order valence-corrected chi connectivity index (χ4v) is 6.49. The first kappa shape index (κ1) is 25.0. The average Bonchev–Trinajstić information content (AvgIpc) is 3.63. The molecular weight excluding hydrogens is 516 g/mol. The number of halogens is 2. The third kappa shape index (κ3) is 4.27. The summed E-state index contributed by atoms with van der Waals surface area (Å²) >= 11 is 0. The van der Waals surface area contributed by atoms with Gasteiger partial charge in [0.2, 0.25) is 5.43 Å². The lowest BCUT2D eigenvalue weighted by atomic mass is 9.94. The largest absolute Gasteiger partial charge is 0.365 e. The summed E-state index contributed by atoms with van der Waals surface area (Å²) in [6.07, 6.45) is 4.49. The highest BCUT2D eigenvalue weighted by molar-refractivity contribution is 7.87. The van der Waals surface area contributed by atoms with Crippen LogP contribution in [0, 0.1) is 24.5 Å². The fourth-order valence-electron chi connectivity index (χ4n) is 5.63. The van der Waals surface area contributed by atoms with Crippen molar-refractivity contribution in [1.29, 1.82) is 0 Å². The van der Waals surface area contributed by atoms with Crippen molar-refractivity contribution in [3.05, 3.63) is 69.5 Å². The molecule has 0 bridgehead atoms. The maximum Gasteiger partial charge on any atom is 0.359 e. The Morgan fingerprint density at radius 2 is 1.84 bits per heavy atom. The number of carbonyl (C=O) groups excluding carboxylic acids is 1. The van der Waals surface area contributed by atoms with E-state index in [0.717, 1.165) is 37.2 Å². The molecule has 11 heteroatoms. The quantitative estimate of drug-likeness (QED) is 0.491. The lowest BCUT2D eigenvalue weighted by Crippen LogP contribution is -2.40. The van der Waals surface area contributed by atoms with Crippen LogP contribution in [-0.4, -0.2) is 44.6 Å². The Bertz CT molecular complexity index is 1600. The van der Waals surface area contributed by atoms with Gasteiger partial charge in [-0.3, -0.25) is 4.79 Å². The number of fused-ring (bicyclic) bond motifs is 2. The Hall–Kier alpha value is -3.31. The van der Waals surface area contributed by atoms with Gasteiger partial charge in [-0.15, -0.1) is 0 Å². The zero-order valence-corrected chi connectivity index (χ0v) is 21.6. The van der Waals surface area contributed by atoms with Gasteiger partial charge in [0, 0.05) is 31.4 Å². The van der Waals surface area contributed by atoms with Crippen LogP contribution in [-0.2, 0) is 14.3 Å². The summed E-state index contributed by atoms with van der Waals surface area (Å²) in [7, 11) is -4.52. The second-order valence-electron chi connectivity index (χ2n) is 10.4. The molecule has 38 heavy (non-hydrogen) atoms. The van der Waals surface area contributed by atoms with E-state index in [1.807, 2.05) is 0 Å². The monoisotopic (exact) mass is 543 g/mol. The van der Waals surface area contributed by atoms with Crippen LogP contribution in [0.1, 0.15) is 47.6 Å². The van der Waals surface area contributed by atoms with Gasteiger partial charge in [-0.2, -0.15) is 8.42 Å². The Kier molecular flexibility index (Phi) is 6.03. The van der Waals surface area contributed by atoms with Crippen LogP contribution in [0.2, 0.25) is 0 Å². The minimum Gasteiger partial charge on any atom is -0.365 e. The molecular formula is C27H27F2N3O5S. The van der Waals surface area contributed by atoms with E-state index in [1.165, 1.54) is 16.7 Å². The number of hydrogen-bond donors (Lipinski definition) is 1. The van der Waals surface area contributed by atoms with Crippen molar-refractivity contribution in [2.75, 3.05) is 24.5 Å². The van der Waals surface area contributed by atoms with Crippen molar-refractivity contribution in [3.8, 4) is 0 Å². The van der Waals surface area contributed by atoms with Crippen LogP contribution in [0.5, 0.6) is 0 Å². The molecule has 6 rings (SSSR count). The number of hydrogen-bond acceptors (Lipinski definition) is 7. The van der Waals surface area contributed by atoms with Crippen molar-refractivity contribution in [2.24, 2.45) is 5.92 Å². The van der Waals surface area contributed by atoms with Crippen LogP contribution in [0.15, 0.2) is 46.2 Å². The summed E-state index contributed by atoms with van der Waals surface area (Å²) in [6, 6.07) is 6.57. The third-order valence-electron chi connectivity index (χ3n) is 7.75. The average molecular weight is 544 g/mol. The molecule has 1 saturated carbocycles. The molecule has 1 aliphatic carbocycles. The fraction of sp³-hybridized carbons (Fsp3) is 0.407. The standard InChI is InChI=1S/C27H27F2N3O5S/c1-15-4-8-18(9-5-15)38(35,36)37-27(34)20-13-32(17-6-7-17)24-19(26(20)33)11-21(28)25(23(24)29)31-12-16-3-2-10-30-22(16)14-31/h4-5,8-9,11,13,16-17,22,30H,2-3,6-7,10,12,14H2,1H3. The van der Waals surface area contributed by atoms with Gasteiger partial charge in [-0.25, -0.2) is 13.6 Å². The SMILES string of the molecule is Cc1ccc(S(=O)(=O)OC(=O)c2cn(C3CC3)c3c(F)c(N4CC5CCCNC5C4)c(F)cc3c2=O)cc1. The summed E-state index contributed by atoms with van der Waals surface area (Å²) in [6.45, 7) is 3.61. The second kappa shape index (κ2) is 9.16. The van der Waals surface area contributed by atoms with Gasteiger partial charge in [0.15, 0.2) is 5.82 Å². The Labute approximate surface area is 218 Å². The summed E-state index contributed by atoms with van der Waals surface area (Å²) in [5, 5.41) is 3.09. The molecule has 200 valence electrons. The predicted octanol–water partition coefficient (Wildman–Crippen LogP) is 3.66. The molecule has 3 fully saturated rings. The molecule has 8 nitrogen and oxygen atoms in total. The van der Waals surface area contributed by atoms with Gasteiger partial charge < -0.3 is 19.0 Å². The summed E-state index contributed by atoms with van der Waals surface area (Å²) in [4.78, 5) is 27.7. The van der Waals surface area contributed by atoms with Crippen LogP contribution in [0.4, 0.5) is 14.5 Å². The van der Waals surface area contributed by atoms with E-state index >= 15 is 8.78 Å². The van der Waals surface area contributed by atoms with E-state index in [0.29, 0.717) is 25.9 Å². The van der Waals surface area contributed by atoms with Gasteiger partial charge in [0.25, 0.3) is 0 Å². The number of rotatable bonds is 5. The van der Waals surface area contributed by atoms with Crippen LogP contribution < -0.4 is 15.6 Å². The number of pyridine rings is 1. The lowest BCUT2D eigenvalue weighted by molar-refractivity contribution is 0.0744. The van der Waals surface area contributed by atoms with Crippen molar-refractivity contribution in [3.63, 3.8) is 0 Å². The molecule has 3 aliphatic rings. The first-order valence-electron chi connectivity index (χ1n) is 12.7. The first-order chi connectivity index (χ1) is 18.1. The number of nitrogens with one attached hydrogen (secondary N) is 1. The highest BCUT2D eigenvalue weighted by atomic mass is 32.2. The molecule has 2 aliphatic heterocycles. The molecule has 1 aromatic heterocycles. The van der Waals surface area contributed by atoms with Crippen molar-refractivity contribution in [1.82, 2.24) is 9.88 Å². The Morgan fingerprint density at radius 3 is 2.53 bits per heavy atom. The molecule has 2 unspecified atom stereocenters. The van der Waals surface area contributed by atoms with Gasteiger partial charge in [0.05, 0.1) is 10.9 Å². The van der Waals surface area contributed by atoms with Crippen molar-refractivity contribution < 1.29 is 26.2 Å².